The van der Waals surface area contributed by atoms with Gasteiger partial charge in [0.25, 0.3) is 5.91 Å². The number of benzene rings is 1. The van der Waals surface area contributed by atoms with Crippen molar-refractivity contribution in [2.45, 2.75) is 19.1 Å². The highest BCUT2D eigenvalue weighted by molar-refractivity contribution is 5.80. The Bertz CT molecular complexity index is 536. The Morgan fingerprint density at radius 3 is 3.15 bits per heavy atom. The molecule has 20 heavy (non-hydrogen) atoms. The zero-order valence-electron chi connectivity index (χ0n) is 11.6. The molecule has 2 N–H and O–H groups in total. The van der Waals surface area contributed by atoms with Crippen LogP contribution in [0.3, 0.4) is 0 Å². The fourth-order valence-corrected chi connectivity index (χ4v) is 2.04. The Labute approximate surface area is 118 Å². The summed E-state index contributed by atoms with van der Waals surface area (Å²) in [5, 5.41) is 5.75. The van der Waals surface area contributed by atoms with Crippen molar-refractivity contribution in [1.82, 2.24) is 10.6 Å². The molecule has 2 unspecified atom stereocenters. The Morgan fingerprint density at radius 2 is 2.45 bits per heavy atom. The summed E-state index contributed by atoms with van der Waals surface area (Å²) in [6.07, 6.45) is 4.48. The lowest BCUT2D eigenvalue weighted by Crippen LogP contribution is -2.36. The number of carbonyl (C=O) groups is 1. The molecule has 0 spiro atoms. The third kappa shape index (κ3) is 3.03. The molecule has 0 saturated heterocycles. The number of fused-ring (bicyclic) bond motifs is 1. The topological polar surface area (TPSA) is 59.6 Å². The van der Waals surface area contributed by atoms with Crippen LogP contribution in [0.2, 0.25) is 0 Å². The fourth-order valence-electron chi connectivity index (χ4n) is 2.04. The summed E-state index contributed by atoms with van der Waals surface area (Å²) in [6.45, 7) is 2.48. The van der Waals surface area contributed by atoms with Crippen LogP contribution in [0.4, 0.5) is 0 Å². The quantitative estimate of drug-likeness (QED) is 0.782. The maximum atomic E-state index is 11.7. The molecule has 0 radical (unpaired) electrons. The Hall–Kier alpha value is -2.19. The minimum absolute atomic E-state index is 0.198. The fraction of sp³-hybridized carbons (Fsp3) is 0.400. The van der Waals surface area contributed by atoms with Crippen molar-refractivity contribution in [1.29, 1.82) is 0 Å². The summed E-state index contributed by atoms with van der Waals surface area (Å²) in [4.78, 5) is 11.7. The third-order valence-electron chi connectivity index (χ3n) is 3.16. The predicted molar refractivity (Wildman–Crippen MR) is 75.7 cm³/mol. The predicted octanol–water partition coefficient (Wildman–Crippen LogP) is 0.856. The van der Waals surface area contributed by atoms with Gasteiger partial charge in [0.05, 0.1) is 12.6 Å². The number of rotatable bonds is 5. The second-order valence-corrected chi connectivity index (χ2v) is 4.53. The average Bonchev–Trinajstić information content (AvgIpc) is 2.86. The Balaban J connectivity index is 2.01. The zero-order chi connectivity index (χ0) is 14.5. The first-order valence-electron chi connectivity index (χ1n) is 6.47. The van der Waals surface area contributed by atoms with E-state index in [4.69, 9.17) is 15.9 Å². The highest BCUT2D eigenvalue weighted by atomic mass is 16.5. The lowest BCUT2D eigenvalue weighted by atomic mass is 10.1. The first-order chi connectivity index (χ1) is 9.65. The summed E-state index contributed by atoms with van der Waals surface area (Å²) in [5.74, 6) is 3.50. The first kappa shape index (κ1) is 14.2. The van der Waals surface area contributed by atoms with Gasteiger partial charge in [-0.25, -0.2) is 0 Å². The normalized spacial score (nSPS) is 17.6. The van der Waals surface area contributed by atoms with Crippen LogP contribution in [0.25, 0.3) is 0 Å². The molecule has 0 fully saturated rings. The number of likely N-dealkylation sites (N-methyl/N-ethyl adjacent to an activating group) is 1. The van der Waals surface area contributed by atoms with Crippen LogP contribution in [0, 0.1) is 12.3 Å². The number of amides is 1. The molecule has 0 bridgehead atoms. The number of terminal acetylenes is 1. The molecular weight excluding hydrogens is 256 g/mol. The molecule has 5 nitrogen and oxygen atoms in total. The van der Waals surface area contributed by atoms with E-state index in [0.717, 1.165) is 11.3 Å². The lowest BCUT2D eigenvalue weighted by Gasteiger charge is -2.14. The van der Waals surface area contributed by atoms with Gasteiger partial charge in [-0.15, -0.1) is 6.42 Å². The SMILES string of the molecule is C#CCNC(=O)C(C)Oc1ccc2c(c1)OCC2NC. The van der Waals surface area contributed by atoms with E-state index in [1.165, 1.54) is 0 Å². The molecular formula is C15H18N2O3. The molecule has 2 rings (SSSR count). The second kappa shape index (κ2) is 6.31. The number of hydrogen-bond acceptors (Lipinski definition) is 4. The van der Waals surface area contributed by atoms with Gasteiger partial charge in [0.2, 0.25) is 0 Å². The van der Waals surface area contributed by atoms with Crippen LogP contribution in [0.1, 0.15) is 18.5 Å². The van der Waals surface area contributed by atoms with E-state index < -0.39 is 6.10 Å². The Morgan fingerprint density at radius 1 is 1.65 bits per heavy atom. The van der Waals surface area contributed by atoms with Gasteiger partial charge < -0.3 is 20.1 Å². The highest BCUT2D eigenvalue weighted by Gasteiger charge is 2.23. The number of nitrogens with one attached hydrogen (secondary N) is 2. The van der Waals surface area contributed by atoms with Crippen molar-refractivity contribution in [3.63, 3.8) is 0 Å². The maximum Gasteiger partial charge on any atom is 0.261 e. The van der Waals surface area contributed by atoms with Crippen LogP contribution in [0.5, 0.6) is 11.5 Å². The molecule has 2 atom stereocenters. The van der Waals surface area contributed by atoms with Gasteiger partial charge in [-0.3, -0.25) is 4.79 Å². The van der Waals surface area contributed by atoms with Gasteiger partial charge in [0.1, 0.15) is 18.1 Å². The Kier molecular flexibility index (Phi) is 4.49. The highest BCUT2D eigenvalue weighted by Crippen LogP contribution is 2.35. The second-order valence-electron chi connectivity index (χ2n) is 4.53. The molecule has 0 aromatic heterocycles. The van der Waals surface area contributed by atoms with Crippen molar-refractivity contribution >= 4 is 5.91 Å². The smallest absolute Gasteiger partial charge is 0.261 e. The van der Waals surface area contributed by atoms with Gasteiger partial charge in [-0.2, -0.15) is 0 Å². The monoisotopic (exact) mass is 274 g/mol. The largest absolute Gasteiger partial charge is 0.491 e. The zero-order valence-corrected chi connectivity index (χ0v) is 11.6. The molecule has 0 aliphatic carbocycles. The van der Waals surface area contributed by atoms with Crippen LogP contribution in [-0.4, -0.2) is 32.2 Å². The summed E-state index contributed by atoms with van der Waals surface area (Å²) in [7, 11) is 1.89. The van der Waals surface area contributed by atoms with Gasteiger partial charge >= 0.3 is 0 Å². The minimum Gasteiger partial charge on any atom is -0.491 e. The van der Waals surface area contributed by atoms with Gasteiger partial charge in [0, 0.05) is 11.6 Å². The van der Waals surface area contributed by atoms with Crippen LogP contribution < -0.4 is 20.1 Å². The molecule has 1 heterocycles. The minimum atomic E-state index is -0.608. The molecule has 0 saturated carbocycles. The molecule has 5 heteroatoms. The standard InChI is InChI=1S/C15H18N2O3/c1-4-7-17-15(18)10(2)20-11-5-6-12-13(16-3)9-19-14(12)8-11/h1,5-6,8,10,13,16H,7,9H2,2-3H3,(H,17,18). The van der Waals surface area contributed by atoms with Gasteiger partial charge in [-0.05, 0) is 26.1 Å². The summed E-state index contributed by atoms with van der Waals surface area (Å²) in [5.41, 5.74) is 1.10. The van der Waals surface area contributed by atoms with Crippen LogP contribution >= 0.6 is 0 Å². The first-order valence-corrected chi connectivity index (χ1v) is 6.47. The number of ether oxygens (including phenoxy) is 2. The van der Waals surface area contributed by atoms with E-state index in [1.54, 1.807) is 13.0 Å². The van der Waals surface area contributed by atoms with Crippen molar-refractivity contribution in [3.05, 3.63) is 23.8 Å². The maximum absolute atomic E-state index is 11.7. The van der Waals surface area contributed by atoms with Crippen molar-refractivity contribution in [3.8, 4) is 23.8 Å². The summed E-state index contributed by atoms with van der Waals surface area (Å²) < 4.78 is 11.2. The van der Waals surface area contributed by atoms with E-state index in [2.05, 4.69) is 16.6 Å². The molecule has 1 aromatic carbocycles. The van der Waals surface area contributed by atoms with Crippen molar-refractivity contribution in [2.75, 3.05) is 20.2 Å². The van der Waals surface area contributed by atoms with E-state index >= 15 is 0 Å². The number of hydrogen-bond donors (Lipinski definition) is 2. The van der Waals surface area contributed by atoms with E-state index in [1.807, 2.05) is 19.2 Å². The molecule has 1 aromatic rings. The van der Waals surface area contributed by atoms with E-state index in [0.29, 0.717) is 12.4 Å². The third-order valence-corrected chi connectivity index (χ3v) is 3.16. The van der Waals surface area contributed by atoms with Crippen LogP contribution in [-0.2, 0) is 4.79 Å². The van der Waals surface area contributed by atoms with Gasteiger partial charge in [-0.1, -0.05) is 5.92 Å². The van der Waals surface area contributed by atoms with E-state index in [9.17, 15) is 4.79 Å². The molecule has 1 amide bonds. The van der Waals surface area contributed by atoms with Crippen molar-refractivity contribution < 1.29 is 14.3 Å². The molecule has 1 aliphatic rings. The van der Waals surface area contributed by atoms with Crippen molar-refractivity contribution in [2.24, 2.45) is 0 Å². The lowest BCUT2D eigenvalue weighted by molar-refractivity contribution is -0.127. The van der Waals surface area contributed by atoms with Crippen LogP contribution in [0.15, 0.2) is 18.2 Å². The molecule has 1 aliphatic heterocycles. The average molecular weight is 274 g/mol. The van der Waals surface area contributed by atoms with Gasteiger partial charge in [0.15, 0.2) is 6.10 Å². The summed E-state index contributed by atoms with van der Waals surface area (Å²) in [6, 6.07) is 5.79. The number of carbonyl (C=O) groups excluding carboxylic acids is 1. The van der Waals surface area contributed by atoms with E-state index in [-0.39, 0.29) is 18.5 Å². The summed E-state index contributed by atoms with van der Waals surface area (Å²) >= 11 is 0. The molecule has 106 valence electrons.